The van der Waals surface area contributed by atoms with Crippen LogP contribution in [0.5, 0.6) is 5.75 Å². The van der Waals surface area contributed by atoms with Crippen molar-refractivity contribution in [1.82, 2.24) is 14.8 Å². The molecule has 0 radical (unpaired) electrons. The van der Waals surface area contributed by atoms with Crippen LogP contribution in [0.2, 0.25) is 0 Å². The molecular formula is C25H29N3O4. The van der Waals surface area contributed by atoms with Crippen molar-refractivity contribution in [2.45, 2.75) is 56.4 Å². The number of rotatable bonds is 6. The fourth-order valence-corrected chi connectivity index (χ4v) is 5.17. The highest BCUT2D eigenvalue weighted by Crippen LogP contribution is 2.38. The Morgan fingerprint density at radius 1 is 1.06 bits per heavy atom. The number of carbonyl (C=O) groups excluding carboxylic acids is 2. The molecule has 0 bridgehead atoms. The van der Waals surface area contributed by atoms with Crippen LogP contribution in [-0.4, -0.2) is 64.5 Å². The fraction of sp³-hybridized carbons (Fsp3) is 0.480. The lowest BCUT2D eigenvalue weighted by atomic mass is 9.90. The van der Waals surface area contributed by atoms with E-state index in [1.807, 2.05) is 47.4 Å². The minimum absolute atomic E-state index is 0.00392. The number of hydrogen-bond donors (Lipinski definition) is 0. The standard InChI is InChI=1S/C25H29N3O4/c29-22(27-15-5-4-9-20(27)21-10-6-16-31-21)17-28-23(18-11-13-26-14-12-18)24(25(28)30)32-19-7-2-1-3-8-19/h1-3,7-8,11-14,20-21,23-24H,4-6,9-10,15-17H2. The molecule has 4 atom stereocenters. The molecule has 0 spiro atoms. The van der Waals surface area contributed by atoms with Gasteiger partial charge in [0.05, 0.1) is 12.1 Å². The van der Waals surface area contributed by atoms with E-state index in [-0.39, 0.29) is 36.5 Å². The number of β-lactam (4-membered cyclic amide) rings is 1. The van der Waals surface area contributed by atoms with Crippen LogP contribution in [-0.2, 0) is 14.3 Å². The molecule has 3 saturated heterocycles. The Labute approximate surface area is 188 Å². The summed E-state index contributed by atoms with van der Waals surface area (Å²) >= 11 is 0. The maximum absolute atomic E-state index is 13.4. The van der Waals surface area contributed by atoms with Crippen molar-refractivity contribution in [1.29, 1.82) is 0 Å². The second-order valence-corrected chi connectivity index (χ2v) is 8.74. The maximum atomic E-state index is 13.4. The molecular weight excluding hydrogens is 406 g/mol. The van der Waals surface area contributed by atoms with Crippen molar-refractivity contribution in [2.75, 3.05) is 19.7 Å². The average Bonchev–Trinajstić information content (AvgIpc) is 3.39. The lowest BCUT2D eigenvalue weighted by Gasteiger charge is -2.47. The summed E-state index contributed by atoms with van der Waals surface area (Å²) in [6.07, 6.45) is 8.02. The van der Waals surface area contributed by atoms with E-state index in [4.69, 9.17) is 9.47 Å². The Bertz CT molecular complexity index is 933. The van der Waals surface area contributed by atoms with Gasteiger partial charge in [0.1, 0.15) is 18.3 Å². The number of hydrogen-bond acceptors (Lipinski definition) is 5. The number of carbonyl (C=O) groups is 2. The second kappa shape index (κ2) is 9.28. The summed E-state index contributed by atoms with van der Waals surface area (Å²) in [5.74, 6) is 0.482. The highest BCUT2D eigenvalue weighted by Gasteiger charge is 2.51. The predicted octanol–water partition coefficient (Wildman–Crippen LogP) is 2.97. The van der Waals surface area contributed by atoms with Crippen LogP contribution in [0.4, 0.5) is 0 Å². The van der Waals surface area contributed by atoms with Gasteiger partial charge in [-0.3, -0.25) is 14.6 Å². The monoisotopic (exact) mass is 435 g/mol. The summed E-state index contributed by atoms with van der Waals surface area (Å²) < 4.78 is 11.9. The highest BCUT2D eigenvalue weighted by atomic mass is 16.5. The average molecular weight is 436 g/mol. The van der Waals surface area contributed by atoms with Crippen LogP contribution in [0.15, 0.2) is 54.9 Å². The van der Waals surface area contributed by atoms with Crippen molar-refractivity contribution in [3.63, 3.8) is 0 Å². The SMILES string of the molecule is O=C(CN1C(=O)C(Oc2ccccc2)C1c1ccncc1)N1CCCCC1C1CCCO1. The van der Waals surface area contributed by atoms with E-state index >= 15 is 0 Å². The maximum Gasteiger partial charge on any atom is 0.267 e. The summed E-state index contributed by atoms with van der Waals surface area (Å²) in [5, 5.41) is 0. The third-order valence-electron chi connectivity index (χ3n) is 6.77. The van der Waals surface area contributed by atoms with Gasteiger partial charge in [-0.1, -0.05) is 18.2 Å². The smallest absolute Gasteiger partial charge is 0.267 e. The number of ether oxygens (including phenoxy) is 2. The van der Waals surface area contributed by atoms with E-state index in [2.05, 4.69) is 4.98 Å². The molecule has 32 heavy (non-hydrogen) atoms. The van der Waals surface area contributed by atoms with Gasteiger partial charge in [-0.2, -0.15) is 0 Å². The Hall–Kier alpha value is -2.93. The van der Waals surface area contributed by atoms with E-state index in [1.165, 1.54) is 0 Å². The van der Waals surface area contributed by atoms with E-state index < -0.39 is 6.10 Å². The van der Waals surface area contributed by atoms with Crippen LogP contribution in [0, 0.1) is 0 Å². The zero-order valence-corrected chi connectivity index (χ0v) is 18.1. The lowest BCUT2D eigenvalue weighted by molar-refractivity contribution is -0.169. The van der Waals surface area contributed by atoms with Crippen LogP contribution in [0.25, 0.3) is 0 Å². The van der Waals surface area contributed by atoms with E-state index in [0.717, 1.165) is 50.8 Å². The van der Waals surface area contributed by atoms with Gasteiger partial charge in [-0.25, -0.2) is 0 Å². The van der Waals surface area contributed by atoms with Crippen molar-refractivity contribution in [3.05, 3.63) is 60.4 Å². The minimum atomic E-state index is -0.650. The number of nitrogens with zero attached hydrogens (tertiary/aromatic N) is 3. The third-order valence-corrected chi connectivity index (χ3v) is 6.77. The van der Waals surface area contributed by atoms with Crippen LogP contribution >= 0.6 is 0 Å². The predicted molar refractivity (Wildman–Crippen MR) is 118 cm³/mol. The first-order valence-electron chi connectivity index (χ1n) is 11.6. The first kappa shape index (κ1) is 20.9. The van der Waals surface area contributed by atoms with Crippen LogP contribution < -0.4 is 4.74 Å². The molecule has 1 aromatic carbocycles. The van der Waals surface area contributed by atoms with E-state index in [9.17, 15) is 9.59 Å². The lowest BCUT2D eigenvalue weighted by Crippen LogP contribution is -2.64. The molecule has 3 aliphatic rings. The zero-order valence-electron chi connectivity index (χ0n) is 18.1. The number of likely N-dealkylation sites (tertiary alicyclic amines) is 2. The Morgan fingerprint density at radius 3 is 2.62 bits per heavy atom. The molecule has 4 unspecified atom stereocenters. The van der Waals surface area contributed by atoms with Gasteiger partial charge in [0.15, 0.2) is 0 Å². The number of para-hydroxylation sites is 1. The first-order chi connectivity index (χ1) is 15.7. The topological polar surface area (TPSA) is 72.0 Å². The normalized spacial score (nSPS) is 27.8. The summed E-state index contributed by atoms with van der Waals surface area (Å²) in [7, 11) is 0. The van der Waals surface area contributed by atoms with Crippen molar-refractivity contribution in [2.24, 2.45) is 0 Å². The van der Waals surface area contributed by atoms with Crippen molar-refractivity contribution in [3.8, 4) is 5.75 Å². The number of pyridine rings is 1. The number of aromatic nitrogens is 1. The van der Waals surface area contributed by atoms with Crippen LogP contribution in [0.1, 0.15) is 43.7 Å². The molecule has 1 aromatic heterocycles. The Morgan fingerprint density at radius 2 is 1.88 bits per heavy atom. The van der Waals surface area contributed by atoms with Gasteiger partial charge in [0, 0.05) is 25.5 Å². The molecule has 0 aliphatic carbocycles. The van der Waals surface area contributed by atoms with Gasteiger partial charge >= 0.3 is 0 Å². The van der Waals surface area contributed by atoms with Crippen LogP contribution in [0.3, 0.4) is 0 Å². The van der Waals surface area contributed by atoms with Gasteiger partial charge < -0.3 is 19.3 Å². The third kappa shape index (κ3) is 4.09. The summed E-state index contributed by atoms with van der Waals surface area (Å²) in [4.78, 5) is 34.2. The zero-order chi connectivity index (χ0) is 21.9. The van der Waals surface area contributed by atoms with Gasteiger partial charge in [0.2, 0.25) is 12.0 Å². The number of benzene rings is 1. The van der Waals surface area contributed by atoms with E-state index in [1.54, 1.807) is 17.3 Å². The molecule has 7 heteroatoms. The molecule has 3 aliphatic heterocycles. The Balaban J connectivity index is 1.33. The summed E-state index contributed by atoms with van der Waals surface area (Å²) in [6, 6.07) is 12.9. The first-order valence-corrected chi connectivity index (χ1v) is 11.6. The van der Waals surface area contributed by atoms with Crippen molar-refractivity contribution >= 4 is 11.8 Å². The molecule has 168 valence electrons. The molecule has 3 fully saturated rings. The van der Waals surface area contributed by atoms with Gasteiger partial charge in [-0.15, -0.1) is 0 Å². The van der Waals surface area contributed by atoms with Gasteiger partial charge in [0.25, 0.3) is 5.91 Å². The number of amides is 2. The molecule has 0 saturated carbocycles. The number of piperidine rings is 1. The molecule has 4 heterocycles. The van der Waals surface area contributed by atoms with Crippen molar-refractivity contribution < 1.29 is 19.1 Å². The summed E-state index contributed by atoms with van der Waals surface area (Å²) in [5.41, 5.74) is 0.919. The molecule has 5 rings (SSSR count). The quantitative estimate of drug-likeness (QED) is 0.653. The second-order valence-electron chi connectivity index (χ2n) is 8.74. The minimum Gasteiger partial charge on any atom is -0.478 e. The largest absolute Gasteiger partial charge is 0.478 e. The highest BCUT2D eigenvalue weighted by molar-refractivity contribution is 5.93. The summed E-state index contributed by atoms with van der Waals surface area (Å²) in [6.45, 7) is 1.56. The molecule has 2 amide bonds. The fourth-order valence-electron chi connectivity index (χ4n) is 5.17. The molecule has 7 nitrogen and oxygen atoms in total. The Kier molecular flexibility index (Phi) is 6.08. The van der Waals surface area contributed by atoms with E-state index in [0.29, 0.717) is 5.75 Å². The molecule has 2 aromatic rings. The molecule has 0 N–H and O–H groups in total. The van der Waals surface area contributed by atoms with Gasteiger partial charge in [-0.05, 0) is 61.9 Å².